The largest absolute Gasteiger partial charge is 0.454 e. The van der Waals surface area contributed by atoms with Crippen LogP contribution < -0.4 is 5.32 Å². The Morgan fingerprint density at radius 3 is 3.07 bits per heavy atom. The third kappa shape index (κ3) is 2.36. The van der Waals surface area contributed by atoms with Crippen LogP contribution in [0.3, 0.4) is 0 Å². The first kappa shape index (κ1) is 10.2. The summed E-state index contributed by atoms with van der Waals surface area (Å²) in [5.41, 5.74) is 0. The smallest absolute Gasteiger partial charge is 0.169 e. The fraction of sp³-hybridized carbons (Fsp3) is 0.600. The summed E-state index contributed by atoms with van der Waals surface area (Å²) < 4.78 is 19.6. The zero-order chi connectivity index (χ0) is 9.97. The predicted molar refractivity (Wildman–Crippen MR) is 56.0 cm³/mol. The molecular weight excluding hydrogens is 249 g/mol. The molecule has 1 aliphatic heterocycles. The molecule has 1 aromatic rings. The Hall–Kier alpha value is -0.350. The van der Waals surface area contributed by atoms with Crippen LogP contribution in [-0.4, -0.2) is 18.8 Å². The number of alkyl halides is 1. The summed E-state index contributed by atoms with van der Waals surface area (Å²) in [4.78, 5) is 0. The number of hydrogen-bond donors (Lipinski definition) is 1. The van der Waals surface area contributed by atoms with Crippen molar-refractivity contribution in [2.24, 2.45) is 0 Å². The van der Waals surface area contributed by atoms with Gasteiger partial charge in [-0.2, -0.15) is 0 Å². The van der Waals surface area contributed by atoms with Crippen molar-refractivity contribution < 1.29 is 8.81 Å². The van der Waals surface area contributed by atoms with Gasteiger partial charge in [-0.05, 0) is 47.4 Å². The molecule has 0 radical (unpaired) electrons. The van der Waals surface area contributed by atoms with E-state index in [-0.39, 0.29) is 6.04 Å². The Bertz CT molecular complexity index is 296. The lowest BCUT2D eigenvalue weighted by Crippen LogP contribution is -2.33. The molecule has 1 fully saturated rings. The Morgan fingerprint density at radius 2 is 2.50 bits per heavy atom. The molecule has 2 nitrogen and oxygen atoms in total. The third-order valence-electron chi connectivity index (χ3n) is 2.56. The van der Waals surface area contributed by atoms with Crippen LogP contribution in [0.5, 0.6) is 0 Å². The Labute approximate surface area is 91.0 Å². The monoisotopic (exact) mass is 261 g/mol. The topological polar surface area (TPSA) is 25.2 Å². The fourth-order valence-corrected chi connectivity index (χ4v) is 2.16. The molecular formula is C10H13BrFNO. The summed E-state index contributed by atoms with van der Waals surface area (Å²) in [6, 6.07) is 3.62. The van der Waals surface area contributed by atoms with E-state index in [9.17, 15) is 4.39 Å². The van der Waals surface area contributed by atoms with Crippen LogP contribution in [0.2, 0.25) is 0 Å². The van der Waals surface area contributed by atoms with E-state index in [1.807, 2.05) is 6.07 Å². The molecule has 1 aliphatic rings. The number of hydrogen-bond acceptors (Lipinski definition) is 2. The summed E-state index contributed by atoms with van der Waals surface area (Å²) >= 11 is 3.20. The summed E-state index contributed by atoms with van der Waals surface area (Å²) in [7, 11) is 0. The van der Waals surface area contributed by atoms with E-state index in [1.165, 1.54) is 0 Å². The Balaban J connectivity index is 1.90. The lowest BCUT2D eigenvalue weighted by Gasteiger charge is -2.14. The number of nitrogens with one attached hydrogen (secondary N) is 1. The minimum Gasteiger partial charge on any atom is -0.454 e. The van der Waals surface area contributed by atoms with Gasteiger partial charge in [-0.15, -0.1) is 0 Å². The van der Waals surface area contributed by atoms with Crippen LogP contribution in [0.15, 0.2) is 21.2 Å². The molecule has 0 amide bonds. The van der Waals surface area contributed by atoms with Crippen LogP contribution in [0, 0.1) is 0 Å². The van der Waals surface area contributed by atoms with Crippen molar-refractivity contribution in [2.45, 2.75) is 31.5 Å². The van der Waals surface area contributed by atoms with Crippen molar-refractivity contribution in [3.8, 4) is 0 Å². The normalized spacial score (nSPS) is 24.0. The van der Waals surface area contributed by atoms with E-state index in [2.05, 4.69) is 21.2 Å². The van der Waals surface area contributed by atoms with E-state index >= 15 is 0 Å². The third-order valence-corrected chi connectivity index (χ3v) is 2.99. The second kappa shape index (κ2) is 4.45. The average molecular weight is 262 g/mol. The van der Waals surface area contributed by atoms with Gasteiger partial charge >= 0.3 is 0 Å². The van der Waals surface area contributed by atoms with Crippen molar-refractivity contribution >= 4 is 15.9 Å². The molecule has 1 saturated heterocycles. The molecule has 0 aromatic carbocycles. The van der Waals surface area contributed by atoms with E-state index in [4.69, 9.17) is 4.42 Å². The van der Waals surface area contributed by atoms with Gasteiger partial charge in [0.05, 0.1) is 0 Å². The van der Waals surface area contributed by atoms with Gasteiger partial charge in [0.2, 0.25) is 0 Å². The van der Waals surface area contributed by atoms with Crippen molar-refractivity contribution in [1.82, 2.24) is 5.32 Å². The second-order valence-electron chi connectivity index (χ2n) is 3.63. The lowest BCUT2D eigenvalue weighted by atomic mass is 10.1. The van der Waals surface area contributed by atoms with Gasteiger partial charge in [0.15, 0.2) is 4.67 Å². The molecule has 14 heavy (non-hydrogen) atoms. The summed E-state index contributed by atoms with van der Waals surface area (Å²) in [5, 5.41) is 3.16. The van der Waals surface area contributed by atoms with E-state index in [0.29, 0.717) is 16.9 Å². The van der Waals surface area contributed by atoms with E-state index in [0.717, 1.165) is 19.4 Å². The van der Waals surface area contributed by atoms with Gasteiger partial charge < -0.3 is 9.73 Å². The first-order valence-electron chi connectivity index (χ1n) is 4.87. The Morgan fingerprint density at radius 1 is 1.64 bits per heavy atom. The summed E-state index contributed by atoms with van der Waals surface area (Å²) in [6.45, 7) is 0.937. The van der Waals surface area contributed by atoms with Crippen molar-refractivity contribution in [1.29, 1.82) is 0 Å². The highest BCUT2D eigenvalue weighted by Gasteiger charge is 2.25. The second-order valence-corrected chi connectivity index (χ2v) is 4.41. The van der Waals surface area contributed by atoms with Gasteiger partial charge in [0.1, 0.15) is 11.9 Å². The van der Waals surface area contributed by atoms with Crippen molar-refractivity contribution in [3.05, 3.63) is 22.6 Å². The highest BCUT2D eigenvalue weighted by Crippen LogP contribution is 2.20. The predicted octanol–water partition coefficient (Wildman–Crippen LogP) is 2.67. The van der Waals surface area contributed by atoms with Gasteiger partial charge in [0, 0.05) is 12.5 Å². The maximum Gasteiger partial charge on any atom is 0.169 e. The highest BCUT2D eigenvalue weighted by atomic mass is 79.9. The molecule has 0 aliphatic carbocycles. The van der Waals surface area contributed by atoms with Crippen LogP contribution in [-0.2, 0) is 6.42 Å². The molecule has 2 rings (SSSR count). The van der Waals surface area contributed by atoms with E-state index < -0.39 is 6.17 Å². The first-order valence-corrected chi connectivity index (χ1v) is 5.66. The van der Waals surface area contributed by atoms with Crippen molar-refractivity contribution in [2.75, 3.05) is 6.54 Å². The van der Waals surface area contributed by atoms with E-state index in [1.54, 1.807) is 6.07 Å². The SMILES string of the molecule is FC(Cc1ccc(Br)o1)C1CCCN1. The zero-order valence-corrected chi connectivity index (χ0v) is 9.39. The summed E-state index contributed by atoms with van der Waals surface area (Å²) in [5.74, 6) is 0.707. The molecule has 78 valence electrons. The van der Waals surface area contributed by atoms with Crippen LogP contribution in [0.4, 0.5) is 4.39 Å². The highest BCUT2D eigenvalue weighted by molar-refractivity contribution is 9.10. The molecule has 0 saturated carbocycles. The molecule has 1 aromatic heterocycles. The minimum atomic E-state index is -0.837. The minimum absolute atomic E-state index is 0.0128. The molecule has 2 unspecified atom stereocenters. The first-order chi connectivity index (χ1) is 6.75. The maximum atomic E-state index is 13.7. The fourth-order valence-electron chi connectivity index (χ4n) is 1.82. The van der Waals surface area contributed by atoms with Gasteiger partial charge in [-0.1, -0.05) is 0 Å². The molecule has 0 spiro atoms. The Kier molecular flexibility index (Phi) is 3.23. The molecule has 0 bridgehead atoms. The van der Waals surface area contributed by atoms with Gasteiger partial charge in [0.25, 0.3) is 0 Å². The van der Waals surface area contributed by atoms with Crippen molar-refractivity contribution in [3.63, 3.8) is 0 Å². The maximum absolute atomic E-state index is 13.7. The number of rotatable bonds is 3. The lowest BCUT2D eigenvalue weighted by molar-refractivity contribution is 0.250. The molecule has 2 heterocycles. The quantitative estimate of drug-likeness (QED) is 0.905. The number of furan rings is 1. The summed E-state index contributed by atoms with van der Waals surface area (Å²) in [6.07, 6.45) is 1.54. The van der Waals surface area contributed by atoms with Crippen LogP contribution in [0.25, 0.3) is 0 Å². The van der Waals surface area contributed by atoms with Crippen LogP contribution in [0.1, 0.15) is 18.6 Å². The number of halogens is 2. The van der Waals surface area contributed by atoms with Gasteiger partial charge in [-0.3, -0.25) is 0 Å². The molecule has 1 N–H and O–H groups in total. The van der Waals surface area contributed by atoms with Gasteiger partial charge in [-0.25, -0.2) is 4.39 Å². The average Bonchev–Trinajstić information content (AvgIpc) is 2.75. The zero-order valence-electron chi connectivity index (χ0n) is 7.80. The van der Waals surface area contributed by atoms with Crippen LogP contribution >= 0.6 is 15.9 Å². The standard InChI is InChI=1S/C10H13BrFNO/c11-10-4-3-7(14-10)6-8(12)9-2-1-5-13-9/h3-4,8-9,13H,1-2,5-6H2. The molecule has 4 heteroatoms. The molecule has 2 atom stereocenters.